The van der Waals surface area contributed by atoms with E-state index in [1.54, 1.807) is 13.3 Å². The number of fused-ring (bicyclic) bond motifs is 6. The lowest BCUT2D eigenvalue weighted by molar-refractivity contribution is -0.128. The summed E-state index contributed by atoms with van der Waals surface area (Å²) in [6, 6.07) is 7.96. The van der Waals surface area contributed by atoms with Gasteiger partial charge in [0.05, 0.1) is 29.9 Å². The van der Waals surface area contributed by atoms with Gasteiger partial charge in [-0.05, 0) is 85.2 Å². The number of hydrogen-bond acceptors (Lipinski definition) is 7. The second-order valence-corrected chi connectivity index (χ2v) is 13.8. The summed E-state index contributed by atoms with van der Waals surface area (Å²) >= 11 is 0. The molecule has 39 heavy (non-hydrogen) atoms. The highest BCUT2D eigenvalue weighted by Gasteiger charge is 2.65. The van der Waals surface area contributed by atoms with E-state index in [2.05, 4.69) is 22.5 Å². The van der Waals surface area contributed by atoms with Gasteiger partial charge in [-0.25, -0.2) is 0 Å². The van der Waals surface area contributed by atoms with Crippen molar-refractivity contribution < 1.29 is 27.6 Å². The van der Waals surface area contributed by atoms with Crippen molar-refractivity contribution in [2.45, 2.75) is 58.1 Å². The molecule has 2 saturated carbocycles. The number of ketones is 1. The van der Waals surface area contributed by atoms with Crippen LogP contribution >= 0.6 is 0 Å². The van der Waals surface area contributed by atoms with Gasteiger partial charge in [-0.1, -0.05) is 19.9 Å². The number of aliphatic hydroxyl groups is 1. The molecule has 3 aliphatic heterocycles. The summed E-state index contributed by atoms with van der Waals surface area (Å²) in [6.45, 7) is 9.96. The summed E-state index contributed by atoms with van der Waals surface area (Å²) in [5.74, 6) is 1.91. The molecule has 0 spiro atoms. The van der Waals surface area contributed by atoms with Gasteiger partial charge in [0.15, 0.2) is 0 Å². The molecule has 7 rings (SSSR count). The van der Waals surface area contributed by atoms with Crippen molar-refractivity contribution in [2.24, 2.45) is 28.6 Å². The fourth-order valence-electron chi connectivity index (χ4n) is 7.86. The van der Waals surface area contributed by atoms with Crippen molar-refractivity contribution in [3.63, 3.8) is 0 Å². The molecule has 7 atom stereocenters. The lowest BCUT2D eigenvalue weighted by Gasteiger charge is -2.50. The quantitative estimate of drug-likeness (QED) is 0.396. The second kappa shape index (κ2) is 10.3. The van der Waals surface area contributed by atoms with Crippen LogP contribution in [0.15, 0.2) is 43.1 Å². The van der Waals surface area contributed by atoms with E-state index in [4.69, 9.17) is 9.29 Å². The molecule has 5 fully saturated rings. The van der Waals surface area contributed by atoms with Crippen LogP contribution in [0.4, 0.5) is 0 Å². The summed E-state index contributed by atoms with van der Waals surface area (Å²) in [7, 11) is -2.41. The average Bonchev–Trinajstić information content (AvgIpc) is 3.26. The Kier molecular flexibility index (Phi) is 7.41. The zero-order chi connectivity index (χ0) is 28.2. The third kappa shape index (κ3) is 4.92. The lowest BCUT2D eigenvalue weighted by atomic mass is 9.70. The van der Waals surface area contributed by atoms with E-state index >= 15 is 0 Å². The van der Waals surface area contributed by atoms with Crippen molar-refractivity contribution >= 4 is 26.8 Å². The zero-order valence-corrected chi connectivity index (χ0v) is 23.9. The molecular weight excluding hydrogens is 516 g/mol. The largest absolute Gasteiger partial charge is 0.497 e. The predicted molar refractivity (Wildman–Crippen MR) is 150 cm³/mol. The molecule has 9 heteroatoms. The van der Waals surface area contributed by atoms with Crippen molar-refractivity contribution in [2.75, 3.05) is 26.0 Å². The number of rotatable bonds is 6. The van der Waals surface area contributed by atoms with Crippen LogP contribution in [0.25, 0.3) is 10.9 Å². The number of carbonyl (C=O) groups is 1. The highest BCUT2D eigenvalue weighted by molar-refractivity contribution is 7.85. The van der Waals surface area contributed by atoms with Crippen LogP contribution in [0.5, 0.6) is 5.75 Å². The minimum absolute atomic E-state index is 0.0152. The Balaban J connectivity index is 0.000000177. The number of aromatic nitrogens is 1. The van der Waals surface area contributed by atoms with E-state index in [1.165, 1.54) is 6.42 Å². The zero-order valence-electron chi connectivity index (χ0n) is 23.0. The molecule has 4 bridgehead atoms. The van der Waals surface area contributed by atoms with Crippen LogP contribution in [-0.4, -0.2) is 65.7 Å². The maximum atomic E-state index is 11.9. The summed E-state index contributed by atoms with van der Waals surface area (Å²) in [4.78, 5) is 18.7. The van der Waals surface area contributed by atoms with Crippen LogP contribution < -0.4 is 4.74 Å². The van der Waals surface area contributed by atoms with E-state index < -0.39 is 27.4 Å². The van der Waals surface area contributed by atoms with Gasteiger partial charge >= 0.3 is 0 Å². The molecule has 3 saturated heterocycles. The first-order valence-electron chi connectivity index (χ1n) is 13.9. The number of Topliss-reactive ketones (excluding diaryl/α,β-unsaturated/α-hetero) is 1. The molecule has 0 radical (unpaired) electrons. The Bertz CT molecular complexity index is 1370. The number of carbonyl (C=O) groups excluding carboxylic acids is 1. The van der Waals surface area contributed by atoms with Crippen LogP contribution in [0.1, 0.15) is 57.6 Å². The van der Waals surface area contributed by atoms with E-state index in [0.29, 0.717) is 24.7 Å². The standard InChI is InChI=1S/C20H24N2O2.C10H16O4S/c1-3-13-12-22-9-7-14(13)10-19(22)20(23)16-6-8-21-18-5-4-15(24-2)11-17(16)18;1-9(2)7-3-4-10(9,8(11)5-7)6-15(12,13)14/h3-6,8,11,13-14,19-20,23H,1,7,9-10,12H2,2H3;7H,3-6H2,1-2H3,(H,12,13,14)/t13-,14-,19+,20-;7-,10-/m01/s1. The number of nitrogens with zero attached hydrogens (tertiary/aromatic N) is 2. The van der Waals surface area contributed by atoms with Crippen LogP contribution in [0.2, 0.25) is 0 Å². The van der Waals surface area contributed by atoms with Crippen LogP contribution in [0.3, 0.4) is 0 Å². The fraction of sp³-hybridized carbons (Fsp3) is 0.600. The van der Waals surface area contributed by atoms with Crippen LogP contribution in [-0.2, 0) is 14.9 Å². The van der Waals surface area contributed by atoms with Gasteiger partial charge in [0.1, 0.15) is 11.5 Å². The molecule has 1 unspecified atom stereocenters. The number of piperidine rings is 3. The molecule has 2 N–H and O–H groups in total. The number of methoxy groups -OCH3 is 1. The summed E-state index contributed by atoms with van der Waals surface area (Å²) < 4.78 is 36.3. The molecule has 2 aromatic rings. The number of aliphatic hydroxyl groups excluding tert-OH is 1. The maximum Gasteiger partial charge on any atom is 0.265 e. The predicted octanol–water partition coefficient (Wildman–Crippen LogP) is 4.44. The SMILES string of the molecule is C=C[C@H]1CN2CC[C@H]1C[C@@H]2[C@@H](O)c1ccnc2ccc(OC)cc12.CC1(C)[C@@H]2CC[C@@]1(CS(=O)(=O)O)C(=O)C2. The van der Waals surface area contributed by atoms with Gasteiger partial charge in [0.2, 0.25) is 0 Å². The van der Waals surface area contributed by atoms with Gasteiger partial charge in [0.25, 0.3) is 10.1 Å². The summed E-state index contributed by atoms with van der Waals surface area (Å²) in [5, 5.41) is 12.1. The third-order valence-corrected chi connectivity index (χ3v) is 11.2. The number of pyridine rings is 1. The number of ether oxygens (including phenoxy) is 1. The number of hydrogen-bond donors (Lipinski definition) is 2. The Morgan fingerprint density at radius 3 is 2.62 bits per heavy atom. The van der Waals surface area contributed by atoms with Gasteiger partial charge in [0, 0.05) is 30.6 Å². The average molecular weight is 557 g/mol. The van der Waals surface area contributed by atoms with Crippen molar-refractivity contribution in [1.29, 1.82) is 0 Å². The topological polar surface area (TPSA) is 117 Å². The fourth-order valence-corrected chi connectivity index (χ4v) is 9.16. The van der Waals surface area contributed by atoms with Crippen molar-refractivity contribution in [3.8, 4) is 5.75 Å². The molecule has 5 aliphatic rings. The molecule has 4 heterocycles. The first kappa shape index (κ1) is 28.2. The lowest BCUT2D eigenvalue weighted by Crippen LogP contribution is -2.54. The Labute approximate surface area is 231 Å². The van der Waals surface area contributed by atoms with Gasteiger partial charge < -0.3 is 9.84 Å². The molecule has 0 amide bonds. The van der Waals surface area contributed by atoms with Gasteiger partial charge in [-0.2, -0.15) is 8.42 Å². The molecule has 8 nitrogen and oxygen atoms in total. The Morgan fingerprint density at radius 1 is 1.28 bits per heavy atom. The first-order valence-corrected chi connectivity index (χ1v) is 15.5. The van der Waals surface area contributed by atoms with Gasteiger partial charge in [-0.15, -0.1) is 6.58 Å². The van der Waals surface area contributed by atoms with Crippen LogP contribution in [0, 0.1) is 28.6 Å². The summed E-state index contributed by atoms with van der Waals surface area (Å²) in [6.07, 6.45) is 7.59. The highest BCUT2D eigenvalue weighted by Crippen LogP contribution is 2.64. The molecule has 1 aromatic heterocycles. The molecular formula is C30H40N2O6S. The Hall–Kier alpha value is -2.33. The number of benzene rings is 1. The first-order chi connectivity index (χ1) is 18.4. The van der Waals surface area contributed by atoms with E-state index in [9.17, 15) is 18.3 Å². The monoisotopic (exact) mass is 556 g/mol. The minimum Gasteiger partial charge on any atom is -0.497 e. The maximum absolute atomic E-state index is 11.9. The molecule has 1 aromatic carbocycles. The second-order valence-electron chi connectivity index (χ2n) is 12.4. The smallest absolute Gasteiger partial charge is 0.265 e. The van der Waals surface area contributed by atoms with Crippen molar-refractivity contribution in [3.05, 3.63) is 48.7 Å². The highest BCUT2D eigenvalue weighted by atomic mass is 32.2. The molecule has 2 aliphatic carbocycles. The molecule has 212 valence electrons. The Morgan fingerprint density at radius 2 is 2.05 bits per heavy atom. The van der Waals surface area contributed by atoms with Gasteiger partial charge in [-0.3, -0.25) is 19.2 Å². The van der Waals surface area contributed by atoms with E-state index in [0.717, 1.165) is 48.1 Å². The van der Waals surface area contributed by atoms with E-state index in [1.807, 2.05) is 38.1 Å². The van der Waals surface area contributed by atoms with E-state index in [-0.39, 0.29) is 23.2 Å². The minimum atomic E-state index is -4.08. The third-order valence-electron chi connectivity index (χ3n) is 10.4. The summed E-state index contributed by atoms with van der Waals surface area (Å²) in [5.41, 5.74) is 0.726. The van der Waals surface area contributed by atoms with Crippen molar-refractivity contribution in [1.82, 2.24) is 9.88 Å². The normalized spacial score (nSPS) is 33.5.